The Bertz CT molecular complexity index is 204. The molecule has 0 heterocycles. The number of hydrogen-bond donors (Lipinski definition) is 1. The monoisotopic (exact) mass is 180 g/mol. The average molecular weight is 180 g/mol. The molecule has 0 fully saturated rings. The largest absolute Gasteiger partial charge is 0.397 e. The fourth-order valence-corrected chi connectivity index (χ4v) is 0.974. The molecule has 0 aromatic heterocycles. The minimum Gasteiger partial charge on any atom is -0.397 e. The molecule has 0 aromatic carbocycles. The van der Waals surface area contributed by atoms with Gasteiger partial charge in [-0.05, 0) is 12.5 Å². The van der Waals surface area contributed by atoms with Gasteiger partial charge in [0.05, 0.1) is 11.4 Å². The Hall–Kier alpha value is -1.18. The molecule has 2 heteroatoms. The molecular formula is C11H20N2. The van der Waals surface area contributed by atoms with Crippen molar-refractivity contribution in [1.82, 2.24) is 4.90 Å². The van der Waals surface area contributed by atoms with Crippen LogP contribution in [0.3, 0.4) is 0 Å². The van der Waals surface area contributed by atoms with Crippen molar-refractivity contribution in [1.29, 1.82) is 0 Å². The zero-order valence-electron chi connectivity index (χ0n) is 8.71. The number of unbranched alkanes of at least 4 members (excludes halogenated alkanes) is 1. The van der Waals surface area contributed by atoms with Crippen LogP contribution in [0.25, 0.3) is 0 Å². The summed E-state index contributed by atoms with van der Waals surface area (Å²) in [5.74, 6) is 0. The van der Waals surface area contributed by atoms with Crippen LogP contribution in [0.4, 0.5) is 0 Å². The first-order valence-electron chi connectivity index (χ1n) is 4.62. The van der Waals surface area contributed by atoms with E-state index in [4.69, 9.17) is 5.73 Å². The lowest BCUT2D eigenvalue weighted by molar-refractivity contribution is 0.413. The molecule has 0 saturated carbocycles. The van der Waals surface area contributed by atoms with E-state index < -0.39 is 0 Å². The highest BCUT2D eigenvalue weighted by Crippen LogP contribution is 2.07. The second-order valence-electron chi connectivity index (χ2n) is 3.08. The van der Waals surface area contributed by atoms with Crippen molar-refractivity contribution in [3.05, 3.63) is 36.7 Å². The van der Waals surface area contributed by atoms with Gasteiger partial charge in [0, 0.05) is 13.6 Å². The highest BCUT2D eigenvalue weighted by atomic mass is 15.1. The van der Waals surface area contributed by atoms with E-state index in [0.717, 1.165) is 18.7 Å². The Morgan fingerprint density at radius 1 is 1.54 bits per heavy atom. The van der Waals surface area contributed by atoms with Gasteiger partial charge in [-0.2, -0.15) is 0 Å². The van der Waals surface area contributed by atoms with Gasteiger partial charge in [0.2, 0.25) is 0 Å². The van der Waals surface area contributed by atoms with Gasteiger partial charge in [-0.1, -0.05) is 32.6 Å². The molecular weight excluding hydrogens is 160 g/mol. The molecule has 2 N–H and O–H groups in total. The van der Waals surface area contributed by atoms with Gasteiger partial charge in [-0.25, -0.2) is 0 Å². The van der Waals surface area contributed by atoms with Crippen LogP contribution in [-0.4, -0.2) is 18.5 Å². The molecule has 0 spiro atoms. The summed E-state index contributed by atoms with van der Waals surface area (Å²) in [7, 11) is 2.00. The van der Waals surface area contributed by atoms with E-state index >= 15 is 0 Å². The Balaban J connectivity index is 4.09. The van der Waals surface area contributed by atoms with Crippen molar-refractivity contribution in [2.24, 2.45) is 5.73 Å². The van der Waals surface area contributed by atoms with Crippen molar-refractivity contribution >= 4 is 0 Å². The molecule has 0 saturated heterocycles. The predicted octanol–water partition coefficient (Wildman–Crippen LogP) is 2.26. The van der Waals surface area contributed by atoms with Crippen molar-refractivity contribution in [3.8, 4) is 0 Å². The van der Waals surface area contributed by atoms with Crippen LogP contribution in [0.5, 0.6) is 0 Å². The van der Waals surface area contributed by atoms with Gasteiger partial charge in [0.1, 0.15) is 0 Å². The van der Waals surface area contributed by atoms with Crippen LogP contribution < -0.4 is 5.73 Å². The third-order valence-corrected chi connectivity index (χ3v) is 1.94. The second-order valence-corrected chi connectivity index (χ2v) is 3.08. The number of rotatable bonds is 6. The maximum atomic E-state index is 5.75. The highest BCUT2D eigenvalue weighted by molar-refractivity contribution is 5.26. The number of hydrogen-bond acceptors (Lipinski definition) is 2. The standard InChI is InChI=1S/C11H20N2/c1-5-7-9-13(4)10(3)11(12)8-6-2/h6,8H,2-3,5,7,9,12H2,1,4H3/b11-8+. The lowest BCUT2D eigenvalue weighted by Crippen LogP contribution is -2.22. The predicted molar refractivity (Wildman–Crippen MR) is 59.1 cm³/mol. The smallest absolute Gasteiger partial charge is 0.0545 e. The number of likely N-dealkylation sites (N-methyl/N-ethyl adjacent to an activating group) is 1. The van der Waals surface area contributed by atoms with Gasteiger partial charge in [0.15, 0.2) is 0 Å². The number of nitrogens with two attached hydrogens (primary N) is 1. The summed E-state index contributed by atoms with van der Waals surface area (Å²) in [6.07, 6.45) is 5.79. The average Bonchev–Trinajstić information content (AvgIpc) is 2.13. The molecule has 0 amide bonds. The fraction of sp³-hybridized carbons (Fsp3) is 0.455. The molecule has 13 heavy (non-hydrogen) atoms. The quantitative estimate of drug-likeness (QED) is 0.635. The molecule has 2 nitrogen and oxygen atoms in total. The minimum absolute atomic E-state index is 0.689. The molecule has 0 rings (SSSR count). The Labute approximate surface area is 81.4 Å². The minimum atomic E-state index is 0.689. The van der Waals surface area contributed by atoms with Gasteiger partial charge < -0.3 is 10.6 Å². The second kappa shape index (κ2) is 6.35. The summed E-state index contributed by atoms with van der Waals surface area (Å²) in [5, 5.41) is 0. The molecule has 0 radical (unpaired) electrons. The molecule has 74 valence electrons. The fourth-order valence-electron chi connectivity index (χ4n) is 0.974. The summed E-state index contributed by atoms with van der Waals surface area (Å²) >= 11 is 0. The van der Waals surface area contributed by atoms with Gasteiger partial charge >= 0.3 is 0 Å². The van der Waals surface area contributed by atoms with Gasteiger partial charge in [0.25, 0.3) is 0 Å². The van der Waals surface area contributed by atoms with Crippen LogP contribution in [0.2, 0.25) is 0 Å². The first kappa shape index (κ1) is 11.8. The third kappa shape index (κ3) is 4.41. The van der Waals surface area contributed by atoms with E-state index in [2.05, 4.69) is 25.0 Å². The maximum absolute atomic E-state index is 5.75. The van der Waals surface area contributed by atoms with E-state index in [9.17, 15) is 0 Å². The van der Waals surface area contributed by atoms with Crippen molar-refractivity contribution < 1.29 is 0 Å². The van der Waals surface area contributed by atoms with Gasteiger partial charge in [-0.15, -0.1) is 0 Å². The summed E-state index contributed by atoms with van der Waals surface area (Å²) in [5.41, 5.74) is 7.31. The number of allylic oxidation sites excluding steroid dienone is 2. The number of nitrogens with zero attached hydrogens (tertiary/aromatic N) is 1. The topological polar surface area (TPSA) is 29.3 Å². The van der Waals surface area contributed by atoms with Crippen LogP contribution in [-0.2, 0) is 0 Å². The summed E-state index contributed by atoms with van der Waals surface area (Å²) < 4.78 is 0. The Morgan fingerprint density at radius 2 is 2.15 bits per heavy atom. The van der Waals surface area contributed by atoms with E-state index in [1.54, 1.807) is 12.2 Å². The van der Waals surface area contributed by atoms with E-state index in [1.807, 2.05) is 7.05 Å². The third-order valence-electron chi connectivity index (χ3n) is 1.94. The zero-order chi connectivity index (χ0) is 10.3. The highest BCUT2D eigenvalue weighted by Gasteiger charge is 2.02. The van der Waals surface area contributed by atoms with Crippen LogP contribution in [0.15, 0.2) is 36.7 Å². The van der Waals surface area contributed by atoms with E-state index in [1.165, 1.54) is 6.42 Å². The summed E-state index contributed by atoms with van der Waals surface area (Å²) in [4.78, 5) is 2.07. The van der Waals surface area contributed by atoms with E-state index in [-0.39, 0.29) is 0 Å². The molecule has 0 atom stereocenters. The van der Waals surface area contributed by atoms with Crippen LogP contribution in [0, 0.1) is 0 Å². The van der Waals surface area contributed by atoms with Gasteiger partial charge in [-0.3, -0.25) is 0 Å². The molecule has 0 aliphatic heterocycles. The SMILES string of the molecule is C=C/C=C(/N)C(=C)N(C)CCCC. The Kier molecular flexibility index (Phi) is 5.77. The molecule has 0 aromatic rings. The molecule has 0 aliphatic carbocycles. The lowest BCUT2D eigenvalue weighted by Gasteiger charge is -2.21. The van der Waals surface area contributed by atoms with Crippen molar-refractivity contribution in [2.75, 3.05) is 13.6 Å². The van der Waals surface area contributed by atoms with Crippen molar-refractivity contribution in [3.63, 3.8) is 0 Å². The maximum Gasteiger partial charge on any atom is 0.0545 e. The molecule has 0 unspecified atom stereocenters. The summed E-state index contributed by atoms with van der Waals surface area (Å²) in [6.45, 7) is 10.7. The Morgan fingerprint density at radius 3 is 2.62 bits per heavy atom. The lowest BCUT2D eigenvalue weighted by atomic mass is 10.2. The van der Waals surface area contributed by atoms with Crippen LogP contribution in [0.1, 0.15) is 19.8 Å². The van der Waals surface area contributed by atoms with Crippen LogP contribution >= 0.6 is 0 Å². The zero-order valence-corrected chi connectivity index (χ0v) is 8.71. The molecule has 0 aliphatic rings. The first-order chi connectivity index (χ1) is 6.13. The van der Waals surface area contributed by atoms with Crippen molar-refractivity contribution in [2.45, 2.75) is 19.8 Å². The molecule has 0 bridgehead atoms. The van der Waals surface area contributed by atoms with E-state index in [0.29, 0.717) is 5.70 Å². The summed E-state index contributed by atoms with van der Waals surface area (Å²) in [6, 6.07) is 0. The first-order valence-corrected chi connectivity index (χ1v) is 4.62. The normalized spacial score (nSPS) is 11.1.